The Morgan fingerprint density at radius 3 is 2.77 bits per heavy atom. The molecule has 3 aliphatic heterocycles. The van der Waals surface area contributed by atoms with Crippen LogP contribution in [0.2, 0.25) is 0 Å². The molecule has 0 unspecified atom stereocenters. The van der Waals surface area contributed by atoms with Crippen molar-refractivity contribution in [3.63, 3.8) is 0 Å². The van der Waals surface area contributed by atoms with Crippen LogP contribution in [0.3, 0.4) is 0 Å². The van der Waals surface area contributed by atoms with E-state index >= 15 is 0 Å². The van der Waals surface area contributed by atoms with E-state index in [1.54, 1.807) is 10.9 Å². The van der Waals surface area contributed by atoms with E-state index < -0.39 is 0 Å². The first-order valence-corrected chi connectivity index (χ1v) is 8.31. The maximum absolute atomic E-state index is 12.7. The number of rotatable bonds is 3. The van der Waals surface area contributed by atoms with E-state index in [-0.39, 0.29) is 11.8 Å². The van der Waals surface area contributed by atoms with Gasteiger partial charge in [0, 0.05) is 58.6 Å². The maximum atomic E-state index is 12.7. The molecule has 0 saturated carbocycles. The monoisotopic (exact) mass is 304 g/mol. The zero-order chi connectivity index (χ0) is 15.1. The zero-order valence-corrected chi connectivity index (χ0v) is 13.1. The van der Waals surface area contributed by atoms with Gasteiger partial charge >= 0.3 is 0 Å². The second kappa shape index (κ2) is 5.66. The summed E-state index contributed by atoms with van der Waals surface area (Å²) in [6.07, 6.45) is 6.06. The predicted octanol–water partition coefficient (Wildman–Crippen LogP) is 0.741. The molecule has 120 valence electrons. The second-order valence-corrected chi connectivity index (χ2v) is 6.96. The van der Waals surface area contributed by atoms with Crippen molar-refractivity contribution in [3.05, 3.63) is 12.4 Å². The van der Waals surface area contributed by atoms with E-state index in [0.29, 0.717) is 5.92 Å². The second-order valence-electron chi connectivity index (χ2n) is 6.96. The van der Waals surface area contributed by atoms with Gasteiger partial charge in [0.15, 0.2) is 0 Å². The van der Waals surface area contributed by atoms with Crippen molar-refractivity contribution >= 4 is 11.6 Å². The van der Waals surface area contributed by atoms with Gasteiger partial charge in [-0.15, -0.1) is 0 Å². The number of ether oxygens (including phenoxy) is 1. The number of hydrogen-bond acceptors (Lipinski definition) is 4. The highest BCUT2D eigenvalue weighted by Crippen LogP contribution is 2.35. The SMILES string of the molecule is Cn1cc(N2C[C@@H]3CN(CC4CCOCC4)C[C@@H]3C2=O)cn1. The highest BCUT2D eigenvalue weighted by Gasteiger charge is 2.47. The summed E-state index contributed by atoms with van der Waals surface area (Å²) in [5.41, 5.74) is 0.942. The lowest BCUT2D eigenvalue weighted by Gasteiger charge is -2.28. The van der Waals surface area contributed by atoms with E-state index in [1.807, 2.05) is 18.1 Å². The van der Waals surface area contributed by atoms with Crippen LogP contribution in [-0.2, 0) is 16.6 Å². The maximum Gasteiger partial charge on any atom is 0.231 e. The Morgan fingerprint density at radius 2 is 2.09 bits per heavy atom. The van der Waals surface area contributed by atoms with Crippen molar-refractivity contribution in [1.82, 2.24) is 14.7 Å². The lowest BCUT2D eigenvalue weighted by atomic mass is 10.00. The van der Waals surface area contributed by atoms with Crippen LogP contribution in [0.5, 0.6) is 0 Å². The fourth-order valence-corrected chi connectivity index (χ4v) is 4.17. The topological polar surface area (TPSA) is 50.6 Å². The molecule has 2 atom stereocenters. The third-order valence-electron chi connectivity index (χ3n) is 5.38. The van der Waals surface area contributed by atoms with Gasteiger partial charge in [-0.25, -0.2) is 0 Å². The summed E-state index contributed by atoms with van der Waals surface area (Å²) in [6.45, 7) is 5.77. The van der Waals surface area contributed by atoms with Gasteiger partial charge < -0.3 is 14.5 Å². The van der Waals surface area contributed by atoms with E-state index in [4.69, 9.17) is 4.74 Å². The molecule has 3 aliphatic rings. The average Bonchev–Trinajstić information content (AvgIpc) is 3.17. The Morgan fingerprint density at radius 1 is 1.27 bits per heavy atom. The van der Waals surface area contributed by atoms with Gasteiger partial charge in [0.2, 0.25) is 5.91 Å². The summed E-state index contributed by atoms with van der Waals surface area (Å²) < 4.78 is 7.19. The summed E-state index contributed by atoms with van der Waals surface area (Å²) in [5.74, 6) is 1.69. The first-order chi connectivity index (χ1) is 10.7. The summed E-state index contributed by atoms with van der Waals surface area (Å²) >= 11 is 0. The van der Waals surface area contributed by atoms with Crippen LogP contribution < -0.4 is 4.90 Å². The number of aryl methyl sites for hydroxylation is 1. The van der Waals surface area contributed by atoms with Crippen LogP contribution in [0.15, 0.2) is 12.4 Å². The molecule has 0 N–H and O–H groups in total. The largest absolute Gasteiger partial charge is 0.381 e. The number of likely N-dealkylation sites (tertiary alicyclic amines) is 1. The first-order valence-electron chi connectivity index (χ1n) is 8.31. The van der Waals surface area contributed by atoms with Crippen molar-refractivity contribution in [3.8, 4) is 0 Å². The molecule has 4 heterocycles. The fraction of sp³-hybridized carbons (Fsp3) is 0.750. The lowest BCUT2D eigenvalue weighted by Crippen LogP contribution is -2.35. The van der Waals surface area contributed by atoms with Gasteiger partial charge in [-0.1, -0.05) is 0 Å². The molecular weight excluding hydrogens is 280 g/mol. The molecule has 1 amide bonds. The Hall–Kier alpha value is -1.40. The Kier molecular flexibility index (Phi) is 3.66. The quantitative estimate of drug-likeness (QED) is 0.826. The smallest absolute Gasteiger partial charge is 0.231 e. The minimum absolute atomic E-state index is 0.181. The molecule has 6 nitrogen and oxygen atoms in total. The molecular formula is C16H24N4O2. The molecule has 6 heteroatoms. The zero-order valence-electron chi connectivity index (χ0n) is 13.1. The van der Waals surface area contributed by atoms with Crippen molar-refractivity contribution < 1.29 is 9.53 Å². The Labute approximate surface area is 131 Å². The minimum atomic E-state index is 0.181. The molecule has 3 fully saturated rings. The highest BCUT2D eigenvalue weighted by molar-refractivity contribution is 5.97. The van der Waals surface area contributed by atoms with E-state index in [9.17, 15) is 4.79 Å². The normalized spacial score (nSPS) is 30.2. The molecule has 0 spiro atoms. The third-order valence-corrected chi connectivity index (χ3v) is 5.38. The molecule has 0 radical (unpaired) electrons. The number of nitrogens with zero attached hydrogens (tertiary/aromatic N) is 4. The van der Waals surface area contributed by atoms with Gasteiger partial charge in [0.25, 0.3) is 0 Å². The Balaban J connectivity index is 1.37. The van der Waals surface area contributed by atoms with Crippen molar-refractivity contribution in [2.24, 2.45) is 24.8 Å². The number of anilines is 1. The van der Waals surface area contributed by atoms with Gasteiger partial charge in [0.05, 0.1) is 17.8 Å². The van der Waals surface area contributed by atoms with Crippen LogP contribution in [0, 0.1) is 17.8 Å². The van der Waals surface area contributed by atoms with Crippen LogP contribution in [-0.4, -0.2) is 60.0 Å². The average molecular weight is 304 g/mol. The number of carbonyl (C=O) groups is 1. The molecule has 1 aromatic rings. The van der Waals surface area contributed by atoms with E-state index in [1.165, 1.54) is 12.8 Å². The van der Waals surface area contributed by atoms with Crippen LogP contribution in [0.25, 0.3) is 0 Å². The van der Waals surface area contributed by atoms with Crippen LogP contribution in [0.4, 0.5) is 5.69 Å². The van der Waals surface area contributed by atoms with Gasteiger partial charge in [-0.3, -0.25) is 9.48 Å². The predicted molar refractivity (Wildman–Crippen MR) is 82.5 cm³/mol. The molecule has 1 aromatic heterocycles. The van der Waals surface area contributed by atoms with Gasteiger partial charge in [-0.05, 0) is 18.8 Å². The van der Waals surface area contributed by atoms with Crippen LogP contribution in [0.1, 0.15) is 12.8 Å². The lowest BCUT2D eigenvalue weighted by molar-refractivity contribution is -0.120. The van der Waals surface area contributed by atoms with Crippen molar-refractivity contribution in [1.29, 1.82) is 0 Å². The van der Waals surface area contributed by atoms with Crippen LogP contribution >= 0.6 is 0 Å². The summed E-state index contributed by atoms with van der Waals surface area (Å²) in [4.78, 5) is 17.1. The number of carbonyl (C=O) groups excluding carboxylic acids is 1. The summed E-state index contributed by atoms with van der Waals surface area (Å²) in [6, 6.07) is 0. The van der Waals surface area contributed by atoms with E-state index in [2.05, 4.69) is 10.00 Å². The number of fused-ring (bicyclic) bond motifs is 1. The first kappa shape index (κ1) is 14.2. The van der Waals surface area contributed by atoms with Gasteiger partial charge in [-0.2, -0.15) is 5.10 Å². The molecule has 0 aromatic carbocycles. The highest BCUT2D eigenvalue weighted by atomic mass is 16.5. The third kappa shape index (κ3) is 2.54. The molecule has 22 heavy (non-hydrogen) atoms. The summed E-state index contributed by atoms with van der Waals surface area (Å²) in [5, 5.41) is 4.18. The Bertz CT molecular complexity index is 552. The molecule has 3 saturated heterocycles. The number of amides is 1. The van der Waals surface area contributed by atoms with Crippen molar-refractivity contribution in [2.75, 3.05) is 44.3 Å². The molecule has 4 rings (SSSR count). The van der Waals surface area contributed by atoms with E-state index in [0.717, 1.165) is 51.0 Å². The molecule has 0 bridgehead atoms. The summed E-state index contributed by atoms with van der Waals surface area (Å²) in [7, 11) is 1.89. The number of hydrogen-bond donors (Lipinski definition) is 0. The molecule has 0 aliphatic carbocycles. The standard InChI is InChI=1S/C16H24N4O2/c1-18-10-14(6-17-18)20-9-13-8-19(11-15(13)16(20)21)7-12-2-4-22-5-3-12/h6,10,12-13,15H,2-5,7-9,11H2,1H3/t13-,15-/m0/s1. The fourth-order valence-electron chi connectivity index (χ4n) is 4.17. The minimum Gasteiger partial charge on any atom is -0.381 e. The number of aromatic nitrogens is 2. The van der Waals surface area contributed by atoms with Crippen molar-refractivity contribution in [2.45, 2.75) is 12.8 Å². The van der Waals surface area contributed by atoms with Gasteiger partial charge in [0.1, 0.15) is 0 Å².